The molecule has 1 aromatic carbocycles. The number of nitrogens with zero attached hydrogens (tertiary/aromatic N) is 2. The number of carbonyl (C=O) groups is 2. The third-order valence-electron chi connectivity index (χ3n) is 4.63. The van der Waals surface area contributed by atoms with E-state index in [1.54, 1.807) is 11.8 Å². The van der Waals surface area contributed by atoms with E-state index < -0.39 is 0 Å². The van der Waals surface area contributed by atoms with Gasteiger partial charge in [0.05, 0.1) is 17.4 Å². The summed E-state index contributed by atoms with van der Waals surface area (Å²) in [6.45, 7) is 4.18. The first-order chi connectivity index (χ1) is 10.1. The smallest absolute Gasteiger partial charge is 0.230 e. The van der Waals surface area contributed by atoms with Crippen LogP contribution in [-0.2, 0) is 9.59 Å². The van der Waals surface area contributed by atoms with Crippen molar-refractivity contribution < 1.29 is 9.59 Å². The summed E-state index contributed by atoms with van der Waals surface area (Å²) in [6.07, 6.45) is 4.31. The highest BCUT2D eigenvalue weighted by molar-refractivity contribution is 6.04. The molecule has 3 rings (SSSR count). The van der Waals surface area contributed by atoms with Crippen molar-refractivity contribution in [3.05, 3.63) is 24.3 Å². The van der Waals surface area contributed by atoms with Crippen LogP contribution in [0, 0.1) is 5.92 Å². The first-order valence-corrected chi connectivity index (χ1v) is 7.80. The standard InChI is InChI=1S/C17H22N2O2/c1-12-11-18(17(21)14-7-3-4-8-14)15-9-5-6-10-16(15)19(12)13(2)20/h5-6,9-10,12,14H,3-4,7-8,11H2,1-2H3. The number of rotatable bonds is 1. The molecule has 1 aliphatic carbocycles. The third kappa shape index (κ3) is 2.43. The topological polar surface area (TPSA) is 40.6 Å². The minimum Gasteiger partial charge on any atom is -0.308 e. The van der Waals surface area contributed by atoms with E-state index in [4.69, 9.17) is 0 Å². The predicted molar refractivity (Wildman–Crippen MR) is 83.4 cm³/mol. The second-order valence-electron chi connectivity index (χ2n) is 6.16. The zero-order valence-electron chi connectivity index (χ0n) is 12.7. The largest absolute Gasteiger partial charge is 0.308 e. The van der Waals surface area contributed by atoms with Crippen molar-refractivity contribution in [2.45, 2.75) is 45.6 Å². The first kappa shape index (κ1) is 14.1. The van der Waals surface area contributed by atoms with Gasteiger partial charge in [0.2, 0.25) is 11.8 Å². The Kier molecular flexibility index (Phi) is 3.70. The van der Waals surface area contributed by atoms with Gasteiger partial charge in [0, 0.05) is 19.4 Å². The molecule has 1 unspecified atom stereocenters. The van der Waals surface area contributed by atoms with Gasteiger partial charge in [-0.3, -0.25) is 9.59 Å². The summed E-state index contributed by atoms with van der Waals surface area (Å²) in [5, 5.41) is 0. The van der Waals surface area contributed by atoms with Crippen LogP contribution in [0.25, 0.3) is 0 Å². The monoisotopic (exact) mass is 286 g/mol. The zero-order chi connectivity index (χ0) is 15.0. The van der Waals surface area contributed by atoms with E-state index in [0.717, 1.165) is 37.1 Å². The van der Waals surface area contributed by atoms with Gasteiger partial charge in [0.15, 0.2) is 0 Å². The molecule has 0 N–H and O–H groups in total. The van der Waals surface area contributed by atoms with Crippen molar-refractivity contribution in [2.75, 3.05) is 16.3 Å². The molecule has 0 spiro atoms. The lowest BCUT2D eigenvalue weighted by molar-refractivity contribution is -0.122. The van der Waals surface area contributed by atoms with Crippen LogP contribution >= 0.6 is 0 Å². The summed E-state index contributed by atoms with van der Waals surface area (Å²) in [5.74, 6) is 0.423. The van der Waals surface area contributed by atoms with Crippen LogP contribution in [0.3, 0.4) is 0 Å². The van der Waals surface area contributed by atoms with E-state index in [9.17, 15) is 9.59 Å². The first-order valence-electron chi connectivity index (χ1n) is 7.80. The molecule has 0 bridgehead atoms. The van der Waals surface area contributed by atoms with E-state index in [2.05, 4.69) is 0 Å². The molecule has 1 aromatic rings. The van der Waals surface area contributed by atoms with Crippen molar-refractivity contribution in [3.63, 3.8) is 0 Å². The summed E-state index contributed by atoms with van der Waals surface area (Å²) in [7, 11) is 0. The number of carbonyl (C=O) groups excluding carboxylic acids is 2. The van der Waals surface area contributed by atoms with Crippen molar-refractivity contribution in [3.8, 4) is 0 Å². The molecule has 1 heterocycles. The highest BCUT2D eigenvalue weighted by atomic mass is 16.2. The average Bonchev–Trinajstić information content (AvgIpc) is 2.99. The highest BCUT2D eigenvalue weighted by Crippen LogP contribution is 2.38. The van der Waals surface area contributed by atoms with Gasteiger partial charge in [-0.25, -0.2) is 0 Å². The lowest BCUT2D eigenvalue weighted by Crippen LogP contribution is -2.52. The quantitative estimate of drug-likeness (QED) is 0.796. The van der Waals surface area contributed by atoms with E-state index in [1.807, 2.05) is 36.1 Å². The second-order valence-corrected chi connectivity index (χ2v) is 6.16. The minimum absolute atomic E-state index is 0.0164. The maximum absolute atomic E-state index is 12.8. The van der Waals surface area contributed by atoms with Crippen molar-refractivity contribution in [1.29, 1.82) is 0 Å². The number of hydrogen-bond donors (Lipinski definition) is 0. The molecular weight excluding hydrogens is 264 g/mol. The molecule has 21 heavy (non-hydrogen) atoms. The third-order valence-corrected chi connectivity index (χ3v) is 4.63. The molecule has 112 valence electrons. The van der Waals surface area contributed by atoms with Crippen molar-refractivity contribution >= 4 is 23.2 Å². The molecule has 4 heteroatoms. The van der Waals surface area contributed by atoms with E-state index in [0.29, 0.717) is 6.54 Å². The Bertz CT molecular complexity index is 564. The summed E-state index contributed by atoms with van der Waals surface area (Å²) < 4.78 is 0. The van der Waals surface area contributed by atoms with Gasteiger partial charge in [-0.2, -0.15) is 0 Å². The fourth-order valence-corrected chi connectivity index (χ4v) is 3.66. The Morgan fingerprint density at radius 1 is 1.10 bits per heavy atom. The maximum atomic E-state index is 12.8. The van der Waals surface area contributed by atoms with Crippen molar-refractivity contribution in [1.82, 2.24) is 0 Å². The van der Waals surface area contributed by atoms with Crippen LogP contribution in [0.5, 0.6) is 0 Å². The lowest BCUT2D eigenvalue weighted by atomic mass is 10.0. The SMILES string of the molecule is CC(=O)N1c2ccccc2N(C(=O)C2CCCC2)CC1C. The van der Waals surface area contributed by atoms with Crippen LogP contribution in [-0.4, -0.2) is 24.4 Å². The number of benzene rings is 1. The Morgan fingerprint density at radius 2 is 1.71 bits per heavy atom. The molecule has 1 aliphatic heterocycles. The highest BCUT2D eigenvalue weighted by Gasteiger charge is 2.36. The molecule has 2 amide bonds. The molecule has 2 aliphatic rings. The van der Waals surface area contributed by atoms with Crippen LogP contribution in [0.4, 0.5) is 11.4 Å². The maximum Gasteiger partial charge on any atom is 0.230 e. The predicted octanol–water partition coefficient (Wildman–Crippen LogP) is 2.96. The van der Waals surface area contributed by atoms with Gasteiger partial charge < -0.3 is 9.80 Å². The van der Waals surface area contributed by atoms with Crippen LogP contribution < -0.4 is 9.80 Å². The number of amides is 2. The number of fused-ring (bicyclic) bond motifs is 1. The van der Waals surface area contributed by atoms with Gasteiger partial charge in [-0.15, -0.1) is 0 Å². The fourth-order valence-electron chi connectivity index (χ4n) is 3.66. The molecule has 0 aromatic heterocycles. The molecule has 1 atom stereocenters. The van der Waals surface area contributed by atoms with Crippen LogP contribution in [0.15, 0.2) is 24.3 Å². The molecule has 4 nitrogen and oxygen atoms in total. The van der Waals surface area contributed by atoms with E-state index in [-0.39, 0.29) is 23.8 Å². The lowest BCUT2D eigenvalue weighted by Gasteiger charge is -2.41. The zero-order valence-corrected chi connectivity index (χ0v) is 12.7. The fraction of sp³-hybridized carbons (Fsp3) is 0.529. The average molecular weight is 286 g/mol. The summed E-state index contributed by atoms with van der Waals surface area (Å²) in [6, 6.07) is 7.75. The van der Waals surface area contributed by atoms with E-state index >= 15 is 0 Å². The van der Waals surface area contributed by atoms with Crippen LogP contribution in [0.2, 0.25) is 0 Å². The number of hydrogen-bond acceptors (Lipinski definition) is 2. The Morgan fingerprint density at radius 3 is 2.33 bits per heavy atom. The Balaban J connectivity index is 1.97. The van der Waals surface area contributed by atoms with E-state index in [1.165, 1.54) is 0 Å². The van der Waals surface area contributed by atoms with Gasteiger partial charge in [-0.1, -0.05) is 25.0 Å². The summed E-state index contributed by atoms with van der Waals surface area (Å²) >= 11 is 0. The summed E-state index contributed by atoms with van der Waals surface area (Å²) in [5.41, 5.74) is 1.73. The molecule has 1 saturated carbocycles. The molecular formula is C17H22N2O2. The van der Waals surface area contributed by atoms with Gasteiger partial charge in [0.1, 0.15) is 0 Å². The Hall–Kier alpha value is -1.84. The normalized spacial score (nSPS) is 22.3. The number of para-hydroxylation sites is 2. The second kappa shape index (κ2) is 5.51. The molecule has 1 fully saturated rings. The van der Waals surface area contributed by atoms with Crippen molar-refractivity contribution in [2.24, 2.45) is 5.92 Å². The Labute approximate surface area is 125 Å². The van der Waals surface area contributed by atoms with Gasteiger partial charge in [0.25, 0.3) is 0 Å². The summed E-state index contributed by atoms with van der Waals surface area (Å²) in [4.78, 5) is 28.4. The molecule has 0 saturated heterocycles. The van der Waals surface area contributed by atoms with Crippen LogP contribution in [0.1, 0.15) is 39.5 Å². The minimum atomic E-state index is 0.0164. The van der Waals surface area contributed by atoms with Gasteiger partial charge in [-0.05, 0) is 31.9 Å². The molecule has 0 radical (unpaired) electrons. The van der Waals surface area contributed by atoms with Gasteiger partial charge >= 0.3 is 0 Å². The number of anilines is 2.